The van der Waals surface area contributed by atoms with E-state index in [4.69, 9.17) is 0 Å². The van der Waals surface area contributed by atoms with E-state index in [-0.39, 0.29) is 0 Å². The number of benzene rings is 9. The number of rotatable bonds is 8. The van der Waals surface area contributed by atoms with Gasteiger partial charge in [0.15, 0.2) is 0 Å². The highest BCUT2D eigenvalue weighted by Gasteiger charge is 2.20. The standard InChI is InChI=1S/C52H40N2/c1-3-16-47-37(2)46-23-12-10-17-40(46)35-51(47)53(42-19-6-4-7-20-42)44-31-27-38(28-32-44)39-29-33-45(34-30-39)54(43-21-8-5-9-22-43)52-36-41-18-11-13-24-48(41)49-25-14-15-26-50(49)52/h3-36H,1-2H3/b16-3-. The topological polar surface area (TPSA) is 6.48 Å². The summed E-state index contributed by atoms with van der Waals surface area (Å²) >= 11 is 0. The molecule has 0 bridgehead atoms. The molecule has 0 amide bonds. The molecule has 9 rings (SSSR count). The molecular formula is C52H40N2. The van der Waals surface area contributed by atoms with Crippen molar-refractivity contribution in [1.82, 2.24) is 0 Å². The highest BCUT2D eigenvalue weighted by atomic mass is 15.1. The third-order valence-corrected chi connectivity index (χ3v) is 10.5. The van der Waals surface area contributed by atoms with Gasteiger partial charge in [0.2, 0.25) is 0 Å². The van der Waals surface area contributed by atoms with Crippen LogP contribution in [0.15, 0.2) is 200 Å². The molecule has 0 fully saturated rings. The van der Waals surface area contributed by atoms with Gasteiger partial charge < -0.3 is 9.80 Å². The lowest BCUT2D eigenvalue weighted by molar-refractivity contribution is 1.27. The highest BCUT2D eigenvalue weighted by molar-refractivity contribution is 6.14. The summed E-state index contributed by atoms with van der Waals surface area (Å²) in [6, 6.07) is 70.1. The number of aryl methyl sites for hydroxylation is 1. The van der Waals surface area contributed by atoms with E-state index in [9.17, 15) is 0 Å². The molecule has 0 N–H and O–H groups in total. The Labute approximate surface area is 317 Å². The Morgan fingerprint density at radius 1 is 0.370 bits per heavy atom. The molecule has 9 aromatic carbocycles. The third kappa shape index (κ3) is 5.98. The van der Waals surface area contributed by atoms with Crippen LogP contribution in [-0.4, -0.2) is 0 Å². The molecule has 54 heavy (non-hydrogen) atoms. The van der Waals surface area contributed by atoms with E-state index in [2.05, 4.69) is 230 Å². The van der Waals surface area contributed by atoms with E-state index in [1.165, 1.54) is 54.6 Å². The zero-order chi connectivity index (χ0) is 36.4. The summed E-state index contributed by atoms with van der Waals surface area (Å²) in [7, 11) is 0. The predicted molar refractivity (Wildman–Crippen MR) is 233 cm³/mol. The van der Waals surface area contributed by atoms with Gasteiger partial charge in [0.25, 0.3) is 0 Å². The lowest BCUT2D eigenvalue weighted by Gasteiger charge is -2.29. The van der Waals surface area contributed by atoms with Crippen LogP contribution in [-0.2, 0) is 0 Å². The van der Waals surface area contributed by atoms with Crippen LogP contribution in [0.3, 0.4) is 0 Å². The Hall–Kier alpha value is -6.90. The number of para-hydroxylation sites is 2. The van der Waals surface area contributed by atoms with Gasteiger partial charge in [-0.2, -0.15) is 0 Å². The maximum Gasteiger partial charge on any atom is 0.0546 e. The van der Waals surface area contributed by atoms with Gasteiger partial charge in [-0.25, -0.2) is 0 Å². The lowest BCUT2D eigenvalue weighted by atomic mass is 9.96. The first-order valence-electron chi connectivity index (χ1n) is 18.6. The number of nitrogens with zero attached hydrogens (tertiary/aromatic N) is 2. The Morgan fingerprint density at radius 3 is 1.33 bits per heavy atom. The summed E-state index contributed by atoms with van der Waals surface area (Å²) in [6.07, 6.45) is 4.38. The van der Waals surface area contributed by atoms with Crippen LogP contribution in [0.2, 0.25) is 0 Å². The second-order valence-electron chi connectivity index (χ2n) is 13.8. The van der Waals surface area contributed by atoms with Crippen molar-refractivity contribution in [3.8, 4) is 11.1 Å². The third-order valence-electron chi connectivity index (χ3n) is 10.5. The molecule has 0 atom stereocenters. The van der Waals surface area contributed by atoms with Gasteiger partial charge in [-0.3, -0.25) is 0 Å². The second kappa shape index (κ2) is 14.3. The summed E-state index contributed by atoms with van der Waals surface area (Å²) in [5.41, 5.74) is 11.6. The lowest BCUT2D eigenvalue weighted by Crippen LogP contribution is -2.12. The van der Waals surface area contributed by atoms with Gasteiger partial charge in [-0.05, 0) is 118 Å². The SMILES string of the molecule is C/C=C\c1c(N(c2ccccc2)c2ccc(-c3ccc(N(c4ccccc4)c4cc5ccccc5c5ccccc45)cc3)cc2)cc2ccccc2c1C. The normalized spacial score (nSPS) is 11.4. The van der Waals surface area contributed by atoms with Crippen LogP contribution >= 0.6 is 0 Å². The average molecular weight is 693 g/mol. The van der Waals surface area contributed by atoms with Gasteiger partial charge in [-0.15, -0.1) is 0 Å². The maximum absolute atomic E-state index is 2.38. The van der Waals surface area contributed by atoms with Crippen molar-refractivity contribution in [3.63, 3.8) is 0 Å². The number of allylic oxidation sites excluding steroid dienone is 1. The molecule has 258 valence electrons. The molecule has 0 aliphatic heterocycles. The van der Waals surface area contributed by atoms with E-state index in [0.29, 0.717) is 0 Å². The van der Waals surface area contributed by atoms with Crippen LogP contribution in [0, 0.1) is 6.92 Å². The molecule has 0 unspecified atom stereocenters. The Balaban J connectivity index is 1.12. The number of fused-ring (bicyclic) bond motifs is 4. The van der Waals surface area contributed by atoms with Crippen molar-refractivity contribution in [2.75, 3.05) is 9.80 Å². The summed E-state index contributed by atoms with van der Waals surface area (Å²) in [5, 5.41) is 7.48. The predicted octanol–water partition coefficient (Wildman–Crippen LogP) is 15.1. The molecule has 0 saturated carbocycles. The fourth-order valence-corrected chi connectivity index (χ4v) is 7.92. The summed E-state index contributed by atoms with van der Waals surface area (Å²) < 4.78 is 0. The van der Waals surface area contributed by atoms with E-state index >= 15 is 0 Å². The van der Waals surface area contributed by atoms with E-state index in [1.807, 2.05) is 0 Å². The van der Waals surface area contributed by atoms with Gasteiger partial charge in [-0.1, -0.05) is 146 Å². The molecule has 2 nitrogen and oxygen atoms in total. The zero-order valence-electron chi connectivity index (χ0n) is 30.5. The fraction of sp³-hybridized carbons (Fsp3) is 0.0385. The first kappa shape index (κ1) is 33.0. The Kier molecular flexibility index (Phi) is 8.70. The molecule has 0 spiro atoms. The quantitative estimate of drug-likeness (QED) is 0.146. The molecule has 0 aliphatic rings. The minimum absolute atomic E-state index is 1.11. The number of anilines is 6. The van der Waals surface area contributed by atoms with Crippen molar-refractivity contribution in [2.45, 2.75) is 13.8 Å². The van der Waals surface area contributed by atoms with Crippen LogP contribution < -0.4 is 9.80 Å². The monoisotopic (exact) mass is 692 g/mol. The first-order valence-corrected chi connectivity index (χ1v) is 18.6. The van der Waals surface area contributed by atoms with Gasteiger partial charge >= 0.3 is 0 Å². The molecular weight excluding hydrogens is 653 g/mol. The van der Waals surface area contributed by atoms with Gasteiger partial charge in [0.05, 0.1) is 11.4 Å². The molecule has 9 aromatic rings. The van der Waals surface area contributed by atoms with E-state index < -0.39 is 0 Å². The number of hydrogen-bond acceptors (Lipinski definition) is 2. The Bertz CT molecular complexity index is 2770. The smallest absolute Gasteiger partial charge is 0.0546 e. The van der Waals surface area contributed by atoms with Crippen molar-refractivity contribution in [2.24, 2.45) is 0 Å². The molecule has 0 aliphatic carbocycles. The Morgan fingerprint density at radius 2 is 0.778 bits per heavy atom. The largest absolute Gasteiger partial charge is 0.310 e. The molecule has 2 heteroatoms. The first-order chi connectivity index (χ1) is 26.7. The van der Waals surface area contributed by atoms with Crippen LogP contribution in [0.1, 0.15) is 18.1 Å². The van der Waals surface area contributed by atoms with Crippen molar-refractivity contribution in [1.29, 1.82) is 0 Å². The summed E-state index contributed by atoms with van der Waals surface area (Å²) in [6.45, 7) is 4.33. The van der Waals surface area contributed by atoms with Crippen LogP contribution in [0.25, 0.3) is 49.5 Å². The highest BCUT2D eigenvalue weighted by Crippen LogP contribution is 2.44. The van der Waals surface area contributed by atoms with Crippen molar-refractivity contribution < 1.29 is 0 Å². The molecule has 0 saturated heterocycles. The van der Waals surface area contributed by atoms with Crippen molar-refractivity contribution >= 4 is 72.5 Å². The van der Waals surface area contributed by atoms with Gasteiger partial charge in [0.1, 0.15) is 0 Å². The fourth-order valence-electron chi connectivity index (χ4n) is 7.92. The molecule has 0 aromatic heterocycles. The average Bonchev–Trinajstić information content (AvgIpc) is 3.24. The number of hydrogen-bond donors (Lipinski definition) is 0. The minimum Gasteiger partial charge on any atom is -0.310 e. The summed E-state index contributed by atoms with van der Waals surface area (Å²) in [5.74, 6) is 0. The molecule has 0 radical (unpaired) electrons. The molecule has 0 heterocycles. The van der Waals surface area contributed by atoms with E-state index in [0.717, 1.165) is 34.1 Å². The zero-order valence-corrected chi connectivity index (χ0v) is 30.5. The minimum atomic E-state index is 1.11. The second-order valence-corrected chi connectivity index (χ2v) is 13.8. The van der Waals surface area contributed by atoms with Crippen molar-refractivity contribution in [3.05, 3.63) is 211 Å². The maximum atomic E-state index is 2.38. The summed E-state index contributed by atoms with van der Waals surface area (Å²) in [4.78, 5) is 4.76. The van der Waals surface area contributed by atoms with Crippen LogP contribution in [0.4, 0.5) is 34.1 Å². The van der Waals surface area contributed by atoms with Crippen LogP contribution in [0.5, 0.6) is 0 Å². The van der Waals surface area contributed by atoms with E-state index in [1.54, 1.807) is 0 Å². The van der Waals surface area contributed by atoms with Gasteiger partial charge in [0, 0.05) is 33.7 Å².